The molecule has 0 fully saturated rings. The Hall–Kier alpha value is -3.03. The fourth-order valence-electron chi connectivity index (χ4n) is 1.42. The van der Waals surface area contributed by atoms with E-state index in [1.807, 2.05) is 0 Å². The molecule has 21 heavy (non-hydrogen) atoms. The number of hydrogen-bond donors (Lipinski definition) is 2. The van der Waals surface area contributed by atoms with Crippen LogP contribution >= 0.6 is 0 Å². The van der Waals surface area contributed by atoms with Crippen LogP contribution in [-0.2, 0) is 4.79 Å². The van der Waals surface area contributed by atoms with Crippen LogP contribution in [0.4, 0.5) is 0 Å². The SMILES string of the molecule is O=C(N[C@H](COc1ccccn1)C(=O)O)c1cnccn1. The van der Waals surface area contributed by atoms with Gasteiger partial charge in [-0.15, -0.1) is 0 Å². The maximum absolute atomic E-state index is 11.8. The minimum absolute atomic E-state index is 0.0292. The van der Waals surface area contributed by atoms with Crippen molar-refractivity contribution in [2.45, 2.75) is 6.04 Å². The first-order valence-electron chi connectivity index (χ1n) is 6.00. The van der Waals surface area contributed by atoms with Crippen LogP contribution in [0.2, 0.25) is 0 Å². The van der Waals surface area contributed by atoms with Gasteiger partial charge in [0.2, 0.25) is 5.88 Å². The fraction of sp³-hybridized carbons (Fsp3) is 0.154. The van der Waals surface area contributed by atoms with Gasteiger partial charge in [0, 0.05) is 24.7 Å². The van der Waals surface area contributed by atoms with E-state index in [1.54, 1.807) is 18.2 Å². The predicted molar refractivity (Wildman–Crippen MR) is 70.7 cm³/mol. The molecule has 8 nitrogen and oxygen atoms in total. The van der Waals surface area contributed by atoms with Gasteiger partial charge in [0.25, 0.3) is 5.91 Å². The van der Waals surface area contributed by atoms with Crippen molar-refractivity contribution in [1.82, 2.24) is 20.3 Å². The Kier molecular flexibility index (Phi) is 4.75. The number of carboxylic acid groups (broad SMARTS) is 1. The van der Waals surface area contributed by atoms with Gasteiger partial charge in [0.15, 0.2) is 6.04 Å². The van der Waals surface area contributed by atoms with E-state index in [0.717, 1.165) is 0 Å². The molecule has 0 saturated carbocycles. The second-order valence-electron chi connectivity index (χ2n) is 3.93. The number of hydrogen-bond acceptors (Lipinski definition) is 6. The summed E-state index contributed by atoms with van der Waals surface area (Å²) >= 11 is 0. The molecule has 0 aromatic carbocycles. The van der Waals surface area contributed by atoms with Crippen LogP contribution in [0.25, 0.3) is 0 Å². The van der Waals surface area contributed by atoms with Crippen LogP contribution < -0.4 is 10.1 Å². The van der Waals surface area contributed by atoms with Gasteiger partial charge in [-0.1, -0.05) is 6.07 Å². The molecular weight excluding hydrogens is 276 g/mol. The van der Waals surface area contributed by atoms with E-state index in [2.05, 4.69) is 20.3 Å². The van der Waals surface area contributed by atoms with Crippen LogP contribution in [0.1, 0.15) is 10.5 Å². The number of carbonyl (C=O) groups excluding carboxylic acids is 1. The quantitative estimate of drug-likeness (QED) is 0.776. The molecule has 0 aliphatic carbocycles. The lowest BCUT2D eigenvalue weighted by Gasteiger charge is -2.14. The van der Waals surface area contributed by atoms with E-state index < -0.39 is 17.9 Å². The third-order valence-corrected chi connectivity index (χ3v) is 2.43. The van der Waals surface area contributed by atoms with Gasteiger partial charge in [0.1, 0.15) is 12.3 Å². The lowest BCUT2D eigenvalue weighted by molar-refractivity contribution is -0.140. The second kappa shape index (κ2) is 6.94. The first-order valence-corrected chi connectivity index (χ1v) is 6.00. The third-order valence-electron chi connectivity index (χ3n) is 2.43. The maximum Gasteiger partial charge on any atom is 0.329 e. The molecule has 0 bridgehead atoms. The Bertz CT molecular complexity index is 606. The summed E-state index contributed by atoms with van der Waals surface area (Å²) in [6, 6.07) is 3.78. The average Bonchev–Trinajstić information content (AvgIpc) is 2.52. The number of amides is 1. The zero-order valence-electron chi connectivity index (χ0n) is 10.8. The average molecular weight is 288 g/mol. The van der Waals surface area contributed by atoms with Gasteiger partial charge in [-0.2, -0.15) is 0 Å². The second-order valence-corrected chi connectivity index (χ2v) is 3.93. The van der Waals surface area contributed by atoms with Crippen LogP contribution in [0.15, 0.2) is 43.0 Å². The van der Waals surface area contributed by atoms with Crippen LogP contribution in [-0.4, -0.2) is 44.6 Å². The Morgan fingerprint density at radius 3 is 2.71 bits per heavy atom. The molecule has 2 aromatic rings. The van der Waals surface area contributed by atoms with Crippen molar-refractivity contribution in [2.24, 2.45) is 0 Å². The molecule has 0 aliphatic heterocycles. The van der Waals surface area contributed by atoms with Gasteiger partial charge >= 0.3 is 5.97 Å². The minimum Gasteiger partial charge on any atom is -0.480 e. The van der Waals surface area contributed by atoms with Gasteiger partial charge in [0.05, 0.1) is 6.20 Å². The Balaban J connectivity index is 1.96. The maximum atomic E-state index is 11.8. The summed E-state index contributed by atoms with van der Waals surface area (Å²) in [5.41, 5.74) is 0.0292. The molecule has 0 saturated heterocycles. The number of aliphatic carboxylic acids is 1. The summed E-state index contributed by atoms with van der Waals surface area (Å²) in [6.45, 7) is -0.252. The summed E-state index contributed by atoms with van der Waals surface area (Å²) in [6.07, 6.45) is 5.52. The highest BCUT2D eigenvalue weighted by molar-refractivity contribution is 5.94. The highest BCUT2D eigenvalue weighted by atomic mass is 16.5. The van der Waals surface area contributed by atoms with Crippen molar-refractivity contribution in [2.75, 3.05) is 6.61 Å². The van der Waals surface area contributed by atoms with E-state index in [4.69, 9.17) is 9.84 Å². The summed E-state index contributed by atoms with van der Waals surface area (Å²) in [5.74, 6) is -1.58. The zero-order valence-corrected chi connectivity index (χ0v) is 10.8. The van der Waals surface area contributed by atoms with E-state index in [1.165, 1.54) is 24.8 Å². The van der Waals surface area contributed by atoms with Crippen molar-refractivity contribution in [3.8, 4) is 5.88 Å². The Labute approximate surface area is 119 Å². The predicted octanol–water partition coefficient (Wildman–Crippen LogP) is 0.134. The van der Waals surface area contributed by atoms with E-state index in [-0.39, 0.29) is 18.2 Å². The van der Waals surface area contributed by atoms with Crippen molar-refractivity contribution < 1.29 is 19.4 Å². The number of carboxylic acids is 1. The van der Waals surface area contributed by atoms with Crippen LogP contribution in [0.3, 0.4) is 0 Å². The number of pyridine rings is 1. The molecule has 8 heteroatoms. The van der Waals surface area contributed by atoms with Gasteiger partial charge in [-0.3, -0.25) is 9.78 Å². The van der Waals surface area contributed by atoms with Crippen molar-refractivity contribution in [1.29, 1.82) is 0 Å². The Morgan fingerprint density at radius 1 is 1.24 bits per heavy atom. The molecule has 2 rings (SSSR count). The molecule has 2 aromatic heterocycles. The highest BCUT2D eigenvalue weighted by Gasteiger charge is 2.22. The first-order chi connectivity index (χ1) is 10.2. The van der Waals surface area contributed by atoms with E-state index >= 15 is 0 Å². The molecule has 2 N–H and O–H groups in total. The molecule has 2 heterocycles. The largest absolute Gasteiger partial charge is 0.480 e. The van der Waals surface area contributed by atoms with Crippen molar-refractivity contribution in [3.05, 3.63) is 48.7 Å². The molecule has 108 valence electrons. The van der Waals surface area contributed by atoms with E-state index in [9.17, 15) is 9.59 Å². The zero-order chi connectivity index (χ0) is 15.1. The summed E-state index contributed by atoms with van der Waals surface area (Å²) in [7, 11) is 0. The molecule has 1 amide bonds. The number of aromatic nitrogens is 3. The number of rotatable bonds is 6. The molecule has 0 unspecified atom stereocenters. The van der Waals surface area contributed by atoms with Crippen molar-refractivity contribution in [3.63, 3.8) is 0 Å². The standard InChI is InChI=1S/C13H12N4O4/c18-12(9-7-14-5-6-15-9)17-10(13(19)20)8-21-11-3-1-2-4-16-11/h1-7,10H,8H2,(H,17,18)(H,19,20)/t10-/m1/s1. The summed E-state index contributed by atoms with van der Waals surface area (Å²) in [5, 5.41) is 11.4. The lowest BCUT2D eigenvalue weighted by Crippen LogP contribution is -2.45. The van der Waals surface area contributed by atoms with Gasteiger partial charge in [-0.25, -0.2) is 14.8 Å². The third kappa shape index (κ3) is 4.23. The monoisotopic (exact) mass is 288 g/mol. The summed E-state index contributed by atoms with van der Waals surface area (Å²) in [4.78, 5) is 34.4. The van der Waals surface area contributed by atoms with Crippen molar-refractivity contribution >= 4 is 11.9 Å². The van der Waals surface area contributed by atoms with Gasteiger partial charge < -0.3 is 15.2 Å². The number of nitrogens with one attached hydrogen (secondary N) is 1. The number of nitrogens with zero attached hydrogens (tertiary/aromatic N) is 3. The molecular formula is C13H12N4O4. The highest BCUT2D eigenvalue weighted by Crippen LogP contribution is 2.04. The normalized spacial score (nSPS) is 11.4. The van der Waals surface area contributed by atoms with Crippen LogP contribution in [0, 0.1) is 0 Å². The van der Waals surface area contributed by atoms with E-state index in [0.29, 0.717) is 0 Å². The molecule has 1 atom stereocenters. The Morgan fingerprint density at radius 2 is 2.10 bits per heavy atom. The fourth-order valence-corrected chi connectivity index (χ4v) is 1.42. The smallest absolute Gasteiger partial charge is 0.329 e. The topological polar surface area (TPSA) is 114 Å². The summed E-state index contributed by atoms with van der Waals surface area (Å²) < 4.78 is 5.22. The minimum atomic E-state index is -1.22. The first kappa shape index (κ1) is 14.4. The van der Waals surface area contributed by atoms with Gasteiger partial charge in [-0.05, 0) is 6.07 Å². The van der Waals surface area contributed by atoms with Crippen LogP contribution in [0.5, 0.6) is 5.88 Å². The molecule has 0 spiro atoms. The number of carbonyl (C=O) groups is 2. The number of ether oxygens (including phenoxy) is 1. The molecule has 0 aliphatic rings. The molecule has 0 radical (unpaired) electrons. The lowest BCUT2D eigenvalue weighted by atomic mass is 10.3.